The summed E-state index contributed by atoms with van der Waals surface area (Å²) < 4.78 is 5.39. The van der Waals surface area contributed by atoms with Crippen LogP contribution in [0.1, 0.15) is 17.5 Å². The second kappa shape index (κ2) is 11.4. The lowest BCUT2D eigenvalue weighted by atomic mass is 10.1. The van der Waals surface area contributed by atoms with Crippen molar-refractivity contribution >= 4 is 24.4 Å². The number of halogens is 1. The van der Waals surface area contributed by atoms with Gasteiger partial charge in [-0.25, -0.2) is 4.79 Å². The molecule has 2 aromatic rings. The Morgan fingerprint density at radius 1 is 0.933 bits per heavy atom. The molecule has 0 spiro atoms. The molecule has 1 aliphatic rings. The molecule has 0 saturated carbocycles. The fourth-order valence-electron chi connectivity index (χ4n) is 3.34. The number of carbonyl (C=O) groups is 2. The lowest BCUT2D eigenvalue weighted by Gasteiger charge is -2.24. The van der Waals surface area contributed by atoms with Crippen LogP contribution in [-0.4, -0.2) is 59.1 Å². The van der Waals surface area contributed by atoms with Crippen LogP contribution in [-0.2, 0) is 22.6 Å². The maximum atomic E-state index is 12.7. The number of nitrogens with two attached hydrogens (primary N) is 1. The van der Waals surface area contributed by atoms with Gasteiger partial charge >= 0.3 is 6.09 Å². The molecule has 30 heavy (non-hydrogen) atoms. The van der Waals surface area contributed by atoms with Crippen LogP contribution in [0.2, 0.25) is 0 Å². The summed E-state index contributed by atoms with van der Waals surface area (Å²) in [7, 11) is 0. The molecule has 1 heterocycles. The zero-order valence-electron chi connectivity index (χ0n) is 16.8. The average molecular weight is 434 g/mol. The second-order valence-electron chi connectivity index (χ2n) is 7.18. The predicted octanol–water partition coefficient (Wildman–Crippen LogP) is 2.55. The summed E-state index contributed by atoms with van der Waals surface area (Å²) in [5, 5.41) is 9.36. The van der Waals surface area contributed by atoms with Crippen LogP contribution in [0.5, 0.6) is 5.75 Å². The molecule has 8 heteroatoms. The van der Waals surface area contributed by atoms with Gasteiger partial charge in [-0.1, -0.05) is 42.5 Å². The van der Waals surface area contributed by atoms with Crippen molar-refractivity contribution in [1.29, 1.82) is 0 Å². The molecule has 3 N–H and O–H groups in total. The van der Waals surface area contributed by atoms with Crippen LogP contribution in [0.15, 0.2) is 54.6 Å². The monoisotopic (exact) mass is 433 g/mol. The van der Waals surface area contributed by atoms with E-state index < -0.39 is 6.04 Å². The number of phenols is 1. The van der Waals surface area contributed by atoms with Crippen LogP contribution in [0, 0.1) is 0 Å². The molecule has 1 atom stereocenters. The molecular weight excluding hydrogens is 406 g/mol. The van der Waals surface area contributed by atoms with Crippen LogP contribution in [0.3, 0.4) is 0 Å². The maximum absolute atomic E-state index is 12.7. The third-order valence-electron chi connectivity index (χ3n) is 4.98. The Bertz CT molecular complexity index is 817. The minimum Gasteiger partial charge on any atom is -0.508 e. The highest BCUT2D eigenvalue weighted by atomic mass is 35.5. The van der Waals surface area contributed by atoms with Crippen molar-refractivity contribution in [2.75, 3.05) is 26.2 Å². The van der Waals surface area contributed by atoms with E-state index in [1.54, 1.807) is 34.1 Å². The summed E-state index contributed by atoms with van der Waals surface area (Å²) in [6.07, 6.45) is 0.716. The van der Waals surface area contributed by atoms with Crippen LogP contribution >= 0.6 is 12.4 Å². The average Bonchev–Trinajstić information content (AvgIpc) is 3.00. The van der Waals surface area contributed by atoms with Gasteiger partial charge in [-0.15, -0.1) is 12.4 Å². The topological polar surface area (TPSA) is 96.1 Å². The first-order valence-corrected chi connectivity index (χ1v) is 9.81. The number of benzene rings is 2. The van der Waals surface area contributed by atoms with E-state index in [-0.39, 0.29) is 36.8 Å². The van der Waals surface area contributed by atoms with Crippen molar-refractivity contribution in [2.24, 2.45) is 5.73 Å². The molecule has 0 aromatic heterocycles. The molecule has 3 rings (SSSR count). The third kappa shape index (κ3) is 6.64. The Kier molecular flexibility index (Phi) is 8.95. The molecule has 1 fully saturated rings. The van der Waals surface area contributed by atoms with Crippen LogP contribution in [0.4, 0.5) is 4.79 Å². The molecule has 2 amide bonds. The van der Waals surface area contributed by atoms with Gasteiger partial charge in [0.15, 0.2) is 0 Å². The summed E-state index contributed by atoms with van der Waals surface area (Å²) in [5.41, 5.74) is 7.95. The standard InChI is InChI=1S/C22H27N3O4.ClH/c23-20(15-17-7-9-19(26)10-8-17)21(27)24-11-4-12-25(14-13-24)22(28)29-16-18-5-2-1-3-6-18;/h1-3,5-10,20,26H,4,11-16,23H2;1H/t20-;/m0./s1. The van der Waals surface area contributed by atoms with Gasteiger partial charge in [0.05, 0.1) is 6.04 Å². The highest BCUT2D eigenvalue weighted by Crippen LogP contribution is 2.13. The lowest BCUT2D eigenvalue weighted by Crippen LogP contribution is -2.46. The van der Waals surface area contributed by atoms with Crippen molar-refractivity contribution in [3.8, 4) is 5.75 Å². The Morgan fingerprint density at radius 2 is 1.57 bits per heavy atom. The molecule has 0 aliphatic carbocycles. The number of carbonyl (C=O) groups excluding carboxylic acids is 2. The van der Waals surface area contributed by atoms with E-state index in [9.17, 15) is 14.7 Å². The zero-order valence-corrected chi connectivity index (χ0v) is 17.6. The number of hydrogen-bond acceptors (Lipinski definition) is 5. The molecule has 0 bridgehead atoms. The van der Waals surface area contributed by atoms with Gasteiger partial charge < -0.3 is 25.4 Å². The van der Waals surface area contributed by atoms with Gasteiger partial charge in [-0.2, -0.15) is 0 Å². The fraction of sp³-hybridized carbons (Fsp3) is 0.364. The summed E-state index contributed by atoms with van der Waals surface area (Å²) in [4.78, 5) is 28.4. The maximum Gasteiger partial charge on any atom is 0.410 e. The normalized spacial score (nSPS) is 15.0. The van der Waals surface area contributed by atoms with Gasteiger partial charge in [0, 0.05) is 26.2 Å². The SMILES string of the molecule is Cl.N[C@@H](Cc1ccc(O)cc1)C(=O)N1CCCN(C(=O)OCc2ccccc2)CC1. The Labute approximate surface area is 182 Å². The summed E-state index contributed by atoms with van der Waals surface area (Å²) >= 11 is 0. The van der Waals surface area contributed by atoms with Gasteiger partial charge in [-0.3, -0.25) is 4.79 Å². The van der Waals surface area contributed by atoms with Crippen molar-refractivity contribution < 1.29 is 19.4 Å². The molecule has 7 nitrogen and oxygen atoms in total. The third-order valence-corrected chi connectivity index (χ3v) is 4.98. The van der Waals surface area contributed by atoms with Crippen LogP contribution < -0.4 is 5.73 Å². The van der Waals surface area contributed by atoms with Gasteiger partial charge in [-0.05, 0) is 36.1 Å². The number of aromatic hydroxyl groups is 1. The van der Waals surface area contributed by atoms with Crippen molar-refractivity contribution in [3.63, 3.8) is 0 Å². The quantitative estimate of drug-likeness (QED) is 0.755. The smallest absolute Gasteiger partial charge is 0.410 e. The molecule has 2 aromatic carbocycles. The van der Waals surface area contributed by atoms with E-state index in [0.717, 1.165) is 11.1 Å². The first-order valence-electron chi connectivity index (χ1n) is 9.81. The molecule has 162 valence electrons. The highest BCUT2D eigenvalue weighted by molar-refractivity contribution is 5.85. The zero-order chi connectivity index (χ0) is 20.6. The minimum absolute atomic E-state index is 0. The number of amides is 2. The lowest BCUT2D eigenvalue weighted by molar-refractivity contribution is -0.132. The number of nitrogens with zero attached hydrogens (tertiary/aromatic N) is 2. The number of phenolic OH excluding ortho intramolecular Hbond substituents is 1. The second-order valence-corrected chi connectivity index (χ2v) is 7.18. The van der Waals surface area contributed by atoms with E-state index in [1.807, 2.05) is 30.3 Å². The van der Waals surface area contributed by atoms with Crippen molar-refractivity contribution in [2.45, 2.75) is 25.5 Å². The Hall–Kier alpha value is -2.77. The summed E-state index contributed by atoms with van der Waals surface area (Å²) in [6.45, 7) is 2.19. The minimum atomic E-state index is -0.656. The van der Waals surface area contributed by atoms with E-state index in [1.165, 1.54) is 0 Å². The molecule has 1 saturated heterocycles. The molecular formula is C22H28ClN3O4. The van der Waals surface area contributed by atoms with Crippen molar-refractivity contribution in [1.82, 2.24) is 9.80 Å². The highest BCUT2D eigenvalue weighted by Gasteiger charge is 2.26. The van der Waals surface area contributed by atoms with Crippen molar-refractivity contribution in [3.05, 3.63) is 65.7 Å². The summed E-state index contributed by atoms with van der Waals surface area (Å²) in [5.74, 6) is 0.0537. The Balaban J connectivity index is 0.00000320. The first-order chi connectivity index (χ1) is 14.0. The van der Waals surface area contributed by atoms with E-state index >= 15 is 0 Å². The predicted molar refractivity (Wildman–Crippen MR) is 116 cm³/mol. The first kappa shape index (κ1) is 23.5. The molecule has 1 aliphatic heterocycles. The largest absolute Gasteiger partial charge is 0.508 e. The fourth-order valence-corrected chi connectivity index (χ4v) is 3.34. The number of ether oxygens (including phenoxy) is 1. The molecule has 0 radical (unpaired) electrons. The Morgan fingerprint density at radius 3 is 2.27 bits per heavy atom. The van der Waals surface area contributed by atoms with E-state index in [0.29, 0.717) is 39.0 Å². The van der Waals surface area contributed by atoms with Gasteiger partial charge in [0.2, 0.25) is 5.91 Å². The molecule has 0 unspecified atom stereocenters. The van der Waals surface area contributed by atoms with E-state index in [2.05, 4.69) is 0 Å². The number of rotatable bonds is 5. The summed E-state index contributed by atoms with van der Waals surface area (Å²) in [6, 6.07) is 15.6. The van der Waals surface area contributed by atoms with Gasteiger partial charge in [0.1, 0.15) is 12.4 Å². The number of hydrogen-bond donors (Lipinski definition) is 2. The van der Waals surface area contributed by atoms with E-state index in [4.69, 9.17) is 10.5 Å². The van der Waals surface area contributed by atoms with Crippen LogP contribution in [0.25, 0.3) is 0 Å². The van der Waals surface area contributed by atoms with Gasteiger partial charge in [0.25, 0.3) is 0 Å².